The van der Waals surface area contributed by atoms with Crippen LogP contribution in [0.1, 0.15) is 49.0 Å². The zero-order valence-electron chi connectivity index (χ0n) is 17.9. The molecule has 1 aliphatic heterocycles. The molecule has 1 unspecified atom stereocenters. The van der Waals surface area contributed by atoms with E-state index in [4.69, 9.17) is 4.74 Å². The second-order valence-electron chi connectivity index (χ2n) is 7.97. The molecule has 160 valence electrons. The zero-order chi connectivity index (χ0) is 21.7. The van der Waals surface area contributed by atoms with Crippen molar-refractivity contribution in [2.75, 3.05) is 26.2 Å². The van der Waals surface area contributed by atoms with Crippen molar-refractivity contribution in [3.8, 4) is 5.75 Å². The minimum absolute atomic E-state index is 0.0376. The van der Waals surface area contributed by atoms with Gasteiger partial charge in [0.2, 0.25) is 0 Å². The van der Waals surface area contributed by atoms with E-state index in [-0.39, 0.29) is 11.8 Å². The lowest BCUT2D eigenvalue weighted by Gasteiger charge is -2.25. The molecular weight excluding hydrogens is 396 g/mol. The molecule has 5 nitrogen and oxygen atoms in total. The van der Waals surface area contributed by atoms with Crippen molar-refractivity contribution in [2.24, 2.45) is 0 Å². The molecule has 0 radical (unpaired) electrons. The van der Waals surface area contributed by atoms with Gasteiger partial charge in [-0.25, -0.2) is 0 Å². The Balaban J connectivity index is 1.58. The van der Waals surface area contributed by atoms with Crippen molar-refractivity contribution in [3.05, 3.63) is 59.7 Å². The first-order valence-corrected chi connectivity index (χ1v) is 10.9. The summed E-state index contributed by atoms with van der Waals surface area (Å²) in [6, 6.07) is 15.2. The lowest BCUT2D eigenvalue weighted by atomic mass is 10.0. The van der Waals surface area contributed by atoms with Crippen molar-refractivity contribution in [3.63, 3.8) is 0 Å². The largest absolute Gasteiger partial charge is 0.481 e. The Morgan fingerprint density at radius 2 is 1.53 bits per heavy atom. The van der Waals surface area contributed by atoms with Gasteiger partial charge in [-0.1, -0.05) is 38.1 Å². The van der Waals surface area contributed by atoms with Crippen molar-refractivity contribution in [2.45, 2.75) is 44.1 Å². The number of carbonyl (C=O) groups is 2. The van der Waals surface area contributed by atoms with Gasteiger partial charge in [0.25, 0.3) is 11.8 Å². The summed E-state index contributed by atoms with van der Waals surface area (Å²) in [6.07, 6.45) is 0.164. The first kappa shape index (κ1) is 22.2. The smallest absolute Gasteiger partial charge is 0.263 e. The molecule has 3 rings (SSSR count). The van der Waals surface area contributed by atoms with E-state index in [0.717, 1.165) is 6.42 Å². The third-order valence-corrected chi connectivity index (χ3v) is 5.83. The number of ether oxygens (including phenoxy) is 1. The Hall–Kier alpha value is -2.47. The van der Waals surface area contributed by atoms with Crippen LogP contribution in [0.25, 0.3) is 0 Å². The lowest BCUT2D eigenvalue weighted by Crippen LogP contribution is -2.43. The van der Waals surface area contributed by atoms with E-state index in [1.165, 1.54) is 5.56 Å². The summed E-state index contributed by atoms with van der Waals surface area (Å²) in [5, 5.41) is 0. The van der Waals surface area contributed by atoms with Crippen molar-refractivity contribution < 1.29 is 14.3 Å². The second kappa shape index (κ2) is 10.0. The van der Waals surface area contributed by atoms with Crippen LogP contribution in [0.2, 0.25) is 0 Å². The highest BCUT2D eigenvalue weighted by atomic mass is 32.1. The van der Waals surface area contributed by atoms with E-state index in [2.05, 4.69) is 26.5 Å². The molecule has 2 aromatic carbocycles. The highest BCUT2D eigenvalue weighted by Gasteiger charge is 2.27. The van der Waals surface area contributed by atoms with Gasteiger partial charge in [-0.15, -0.1) is 12.6 Å². The van der Waals surface area contributed by atoms with Crippen LogP contribution in [-0.4, -0.2) is 53.9 Å². The fourth-order valence-corrected chi connectivity index (χ4v) is 3.86. The standard InChI is InChI=1S/C24H30N2O3S/c1-17(2)19-9-11-20(12-10-19)29-18(3)23(27)25-13-6-14-26(16-15-25)24(28)21-7-4-5-8-22(21)30/h4-5,7-12,17-18,30H,6,13-16H2,1-3H3. The average Bonchev–Trinajstić information content (AvgIpc) is 2.99. The Morgan fingerprint density at radius 1 is 0.900 bits per heavy atom. The number of benzene rings is 2. The van der Waals surface area contributed by atoms with E-state index in [1.54, 1.807) is 22.8 Å². The summed E-state index contributed by atoms with van der Waals surface area (Å²) in [7, 11) is 0. The van der Waals surface area contributed by atoms with Gasteiger partial charge in [0, 0.05) is 31.1 Å². The molecule has 1 atom stereocenters. The number of amides is 2. The SMILES string of the molecule is CC(Oc1ccc(C(C)C)cc1)C(=O)N1CCCN(C(=O)c2ccccc2S)CC1. The third kappa shape index (κ3) is 5.36. The highest BCUT2D eigenvalue weighted by Crippen LogP contribution is 2.20. The third-order valence-electron chi connectivity index (χ3n) is 5.44. The molecular formula is C24H30N2O3S. The van der Waals surface area contributed by atoms with Gasteiger partial charge in [-0.3, -0.25) is 9.59 Å². The summed E-state index contributed by atoms with van der Waals surface area (Å²) >= 11 is 4.40. The molecule has 0 N–H and O–H groups in total. The van der Waals surface area contributed by atoms with Crippen molar-refractivity contribution in [1.82, 2.24) is 9.80 Å². The van der Waals surface area contributed by atoms with Gasteiger partial charge >= 0.3 is 0 Å². The van der Waals surface area contributed by atoms with Gasteiger partial charge < -0.3 is 14.5 Å². The molecule has 1 saturated heterocycles. The van der Waals surface area contributed by atoms with E-state index in [1.807, 2.05) is 42.5 Å². The lowest BCUT2D eigenvalue weighted by molar-refractivity contribution is -0.137. The molecule has 30 heavy (non-hydrogen) atoms. The molecule has 0 bridgehead atoms. The summed E-state index contributed by atoms with van der Waals surface area (Å²) < 4.78 is 5.88. The van der Waals surface area contributed by atoms with Gasteiger partial charge in [0.1, 0.15) is 5.75 Å². The molecule has 0 aromatic heterocycles. The van der Waals surface area contributed by atoms with E-state index in [0.29, 0.717) is 48.3 Å². The van der Waals surface area contributed by atoms with Crippen LogP contribution in [-0.2, 0) is 4.79 Å². The summed E-state index contributed by atoms with van der Waals surface area (Å²) in [5.74, 6) is 1.06. The van der Waals surface area contributed by atoms with Crippen LogP contribution in [0, 0.1) is 0 Å². The number of hydrogen-bond donors (Lipinski definition) is 1. The number of nitrogens with zero attached hydrogens (tertiary/aromatic N) is 2. The number of thiol groups is 1. The number of hydrogen-bond acceptors (Lipinski definition) is 4. The fourth-order valence-electron chi connectivity index (χ4n) is 3.61. The maximum atomic E-state index is 12.9. The Bertz CT molecular complexity index is 882. The van der Waals surface area contributed by atoms with Crippen LogP contribution in [0.4, 0.5) is 0 Å². The predicted molar refractivity (Wildman–Crippen MR) is 121 cm³/mol. The van der Waals surface area contributed by atoms with Crippen LogP contribution < -0.4 is 4.74 Å². The summed E-state index contributed by atoms with van der Waals surface area (Å²) in [6.45, 7) is 8.31. The van der Waals surface area contributed by atoms with Crippen LogP contribution in [0.15, 0.2) is 53.4 Å². The van der Waals surface area contributed by atoms with E-state index < -0.39 is 6.10 Å². The van der Waals surface area contributed by atoms with E-state index >= 15 is 0 Å². The minimum atomic E-state index is -0.574. The van der Waals surface area contributed by atoms with Crippen molar-refractivity contribution in [1.29, 1.82) is 0 Å². The monoisotopic (exact) mass is 426 g/mol. The maximum Gasteiger partial charge on any atom is 0.263 e. The number of carbonyl (C=O) groups excluding carboxylic acids is 2. The quantitative estimate of drug-likeness (QED) is 0.728. The van der Waals surface area contributed by atoms with Gasteiger partial charge in [-0.2, -0.15) is 0 Å². The van der Waals surface area contributed by atoms with Gasteiger partial charge in [0.15, 0.2) is 6.10 Å². The molecule has 6 heteroatoms. The van der Waals surface area contributed by atoms with Gasteiger partial charge in [0.05, 0.1) is 5.56 Å². The highest BCUT2D eigenvalue weighted by molar-refractivity contribution is 7.80. The predicted octanol–water partition coefficient (Wildman–Crippen LogP) is 4.24. The zero-order valence-corrected chi connectivity index (χ0v) is 18.8. The molecule has 2 amide bonds. The van der Waals surface area contributed by atoms with Gasteiger partial charge in [-0.05, 0) is 49.1 Å². The Labute approximate surface area is 184 Å². The first-order chi connectivity index (χ1) is 14.4. The molecule has 0 spiro atoms. The van der Waals surface area contributed by atoms with Crippen LogP contribution in [0.5, 0.6) is 5.75 Å². The Morgan fingerprint density at radius 3 is 2.20 bits per heavy atom. The maximum absolute atomic E-state index is 12.9. The average molecular weight is 427 g/mol. The topological polar surface area (TPSA) is 49.9 Å². The van der Waals surface area contributed by atoms with Crippen LogP contribution in [0.3, 0.4) is 0 Å². The molecule has 1 heterocycles. The summed E-state index contributed by atoms with van der Waals surface area (Å²) in [4.78, 5) is 30.0. The molecule has 2 aromatic rings. The number of rotatable bonds is 5. The molecule has 1 aliphatic rings. The molecule has 0 saturated carbocycles. The van der Waals surface area contributed by atoms with Crippen LogP contribution >= 0.6 is 12.6 Å². The molecule has 1 fully saturated rings. The first-order valence-electron chi connectivity index (χ1n) is 10.5. The summed E-state index contributed by atoms with van der Waals surface area (Å²) in [5.41, 5.74) is 1.84. The Kier molecular flexibility index (Phi) is 7.43. The normalized spacial score (nSPS) is 15.6. The van der Waals surface area contributed by atoms with E-state index in [9.17, 15) is 9.59 Å². The molecule has 0 aliphatic carbocycles. The van der Waals surface area contributed by atoms with Crippen molar-refractivity contribution >= 4 is 24.4 Å². The fraction of sp³-hybridized carbons (Fsp3) is 0.417. The minimum Gasteiger partial charge on any atom is -0.481 e. The second-order valence-corrected chi connectivity index (χ2v) is 8.45.